The van der Waals surface area contributed by atoms with Gasteiger partial charge in [-0.25, -0.2) is 24.5 Å². The Bertz CT molecular complexity index is 2370. The highest BCUT2D eigenvalue weighted by atomic mass is 127. The molecule has 7 rings (SSSR count). The SMILES string of the molecule is C.CC(NC(=O)N(C)C1CCN(C)CC1)c1ccc(-c2cncc(F)n2)c(Cl)c1Cl.CC(NC(=O)N(C)C1CCN(C)CC1)c1ccc(I)c(Cl)c1Cl.Cc1cncc(F)n1.Fc1cnccn1. The van der Waals surface area contributed by atoms with Crippen molar-refractivity contribution in [2.45, 2.75) is 78.0 Å². The molecule has 0 aliphatic carbocycles. The van der Waals surface area contributed by atoms with Gasteiger partial charge in [0.2, 0.25) is 17.8 Å². The molecular formula is C46H58Cl4F3IN12O2. The van der Waals surface area contributed by atoms with Gasteiger partial charge in [-0.3, -0.25) is 15.0 Å². The summed E-state index contributed by atoms with van der Waals surface area (Å²) < 4.78 is 38.0. The molecular weight excluding hydrogens is 1080 g/mol. The molecule has 3 aromatic heterocycles. The molecule has 2 aromatic carbocycles. The van der Waals surface area contributed by atoms with E-state index < -0.39 is 17.8 Å². The van der Waals surface area contributed by atoms with Crippen LogP contribution in [0.2, 0.25) is 20.1 Å². The fourth-order valence-electron chi connectivity index (χ4n) is 6.98. The molecule has 2 unspecified atom stereocenters. The molecule has 2 saturated heterocycles. The molecule has 2 fully saturated rings. The lowest BCUT2D eigenvalue weighted by Gasteiger charge is -2.35. The Morgan fingerprint density at radius 2 is 1.12 bits per heavy atom. The minimum Gasteiger partial charge on any atom is -0.331 e. The number of urea groups is 2. The largest absolute Gasteiger partial charge is 0.331 e. The number of aryl methyl sites for hydroxylation is 1. The third-order valence-corrected chi connectivity index (χ3v) is 14.1. The Labute approximate surface area is 430 Å². The predicted octanol–water partition coefficient (Wildman–Crippen LogP) is 11.0. The summed E-state index contributed by atoms with van der Waals surface area (Å²) in [6.07, 6.45) is 12.7. The van der Waals surface area contributed by atoms with Crippen LogP contribution in [0, 0.1) is 28.3 Å². The van der Waals surface area contributed by atoms with Crippen molar-refractivity contribution in [3.8, 4) is 11.3 Å². The molecule has 14 nitrogen and oxygen atoms in total. The first kappa shape index (κ1) is 58.1. The number of rotatable bonds is 7. The van der Waals surface area contributed by atoms with Gasteiger partial charge in [0.1, 0.15) is 0 Å². The Morgan fingerprint density at radius 3 is 1.53 bits per heavy atom. The molecule has 68 heavy (non-hydrogen) atoms. The fraction of sp³-hybridized carbons (Fsp3) is 0.435. The average molecular weight is 1140 g/mol. The van der Waals surface area contributed by atoms with Gasteiger partial charge in [0.25, 0.3) is 0 Å². The average Bonchev–Trinajstić information content (AvgIpc) is 3.30. The van der Waals surface area contributed by atoms with Gasteiger partial charge in [-0.15, -0.1) is 0 Å². The van der Waals surface area contributed by atoms with Crippen LogP contribution in [0.4, 0.5) is 22.8 Å². The van der Waals surface area contributed by atoms with Crippen molar-refractivity contribution in [2.75, 3.05) is 54.4 Å². The molecule has 0 radical (unpaired) electrons. The minimum absolute atomic E-state index is 0. The van der Waals surface area contributed by atoms with Gasteiger partial charge >= 0.3 is 12.1 Å². The molecule has 0 saturated carbocycles. The Hall–Kier alpha value is -4.18. The zero-order valence-electron chi connectivity index (χ0n) is 38.1. The summed E-state index contributed by atoms with van der Waals surface area (Å²) in [6, 6.07) is 7.02. The maximum Gasteiger partial charge on any atom is 0.317 e. The number of aromatic nitrogens is 6. The van der Waals surface area contributed by atoms with Gasteiger partial charge in [0, 0.05) is 53.9 Å². The molecule has 5 heterocycles. The van der Waals surface area contributed by atoms with Crippen LogP contribution in [-0.4, -0.2) is 128 Å². The summed E-state index contributed by atoms with van der Waals surface area (Å²) in [5.41, 5.74) is 2.89. The van der Waals surface area contributed by atoms with Crippen molar-refractivity contribution in [1.82, 2.24) is 60.1 Å². The second-order valence-corrected chi connectivity index (χ2v) is 18.6. The monoisotopic (exact) mass is 1130 g/mol. The number of likely N-dealkylation sites (tertiary alicyclic amines) is 2. The number of nitrogens with zero attached hydrogens (tertiary/aromatic N) is 10. The summed E-state index contributed by atoms with van der Waals surface area (Å²) in [5, 5.41) is 7.59. The smallest absolute Gasteiger partial charge is 0.317 e. The Morgan fingerprint density at radius 1 is 0.662 bits per heavy atom. The Kier molecular flexibility index (Phi) is 24.3. The van der Waals surface area contributed by atoms with Gasteiger partial charge in [-0.2, -0.15) is 13.2 Å². The van der Waals surface area contributed by atoms with E-state index in [0.717, 1.165) is 79.6 Å². The van der Waals surface area contributed by atoms with Crippen molar-refractivity contribution in [1.29, 1.82) is 0 Å². The van der Waals surface area contributed by atoms with Gasteiger partial charge in [0.15, 0.2) is 0 Å². The highest BCUT2D eigenvalue weighted by Gasteiger charge is 2.27. The molecule has 4 amide bonds. The van der Waals surface area contributed by atoms with Crippen molar-refractivity contribution in [2.24, 2.45) is 0 Å². The number of halogens is 8. The van der Waals surface area contributed by atoms with Gasteiger partial charge in [-0.05, 0) is 127 Å². The topological polar surface area (TPSA) is 148 Å². The van der Waals surface area contributed by atoms with E-state index in [0.29, 0.717) is 37.6 Å². The second kappa shape index (κ2) is 28.5. The molecule has 0 spiro atoms. The normalized spacial score (nSPS) is 15.0. The van der Waals surface area contributed by atoms with Crippen molar-refractivity contribution in [3.63, 3.8) is 0 Å². The summed E-state index contributed by atoms with van der Waals surface area (Å²) in [4.78, 5) is 54.6. The van der Waals surface area contributed by atoms with Crippen LogP contribution in [-0.2, 0) is 0 Å². The molecule has 0 bridgehead atoms. The number of hydrogen-bond donors (Lipinski definition) is 2. The number of benzene rings is 2. The maximum atomic E-state index is 13.4. The standard InChI is InChI=1S/C20H24Cl2FN5O.C16H22Cl2IN3O.C5H5FN2.C4H3FN2.CH4/c1-12(25-20(29)28(3)13-6-8-27(2)9-7-13)14-4-5-15(19(22)18(14)21)16-10-24-11-17(23)26-16;1-10(12-4-5-13(19)15(18)14(12)17)20-16(23)22(3)11-6-8-21(2)9-7-11;1-4-2-7-3-5(6)8-4;5-4-3-6-1-2-7-4;/h4-5,10-13H,6-9H2,1-3H3,(H,25,29);4-5,10-11H,6-9H2,1-3H3,(H,20,23);2-3H,1H3;1-3H;1H4. The molecule has 2 N–H and O–H groups in total. The third-order valence-electron chi connectivity index (χ3n) is 11.0. The zero-order chi connectivity index (χ0) is 49.4. The van der Waals surface area contributed by atoms with E-state index in [2.05, 4.69) is 87.0 Å². The highest BCUT2D eigenvalue weighted by Crippen LogP contribution is 2.38. The number of piperidine rings is 2. The van der Waals surface area contributed by atoms with E-state index in [1.807, 2.05) is 45.0 Å². The zero-order valence-corrected chi connectivity index (χ0v) is 43.3. The second-order valence-electron chi connectivity index (χ2n) is 16.0. The van der Waals surface area contributed by atoms with Crippen molar-refractivity contribution in [3.05, 3.63) is 126 Å². The Balaban J connectivity index is 0.000000276. The van der Waals surface area contributed by atoms with Crippen LogP contribution in [0.5, 0.6) is 0 Å². The van der Waals surface area contributed by atoms with Crippen LogP contribution in [0.3, 0.4) is 0 Å². The van der Waals surface area contributed by atoms with Crippen molar-refractivity contribution < 1.29 is 22.8 Å². The molecule has 2 atom stereocenters. The summed E-state index contributed by atoms with van der Waals surface area (Å²) in [5.74, 6) is -1.76. The molecule has 5 aromatic rings. The number of carbonyl (C=O) groups is 2. The maximum absolute atomic E-state index is 13.4. The van der Waals surface area contributed by atoms with Gasteiger partial charge in [-0.1, -0.05) is 72.0 Å². The van der Waals surface area contributed by atoms with E-state index in [9.17, 15) is 22.8 Å². The summed E-state index contributed by atoms with van der Waals surface area (Å²) >= 11 is 27.5. The van der Waals surface area contributed by atoms with Crippen molar-refractivity contribution >= 4 is 81.1 Å². The van der Waals surface area contributed by atoms with E-state index in [-0.39, 0.29) is 48.7 Å². The summed E-state index contributed by atoms with van der Waals surface area (Å²) in [7, 11) is 7.88. The molecule has 2 aliphatic heterocycles. The van der Waals surface area contributed by atoms with Crippen LogP contribution in [0.1, 0.15) is 75.9 Å². The number of carbonyl (C=O) groups excluding carboxylic acids is 2. The quantitative estimate of drug-likeness (QED) is 0.119. The highest BCUT2D eigenvalue weighted by molar-refractivity contribution is 14.1. The van der Waals surface area contributed by atoms with Crippen LogP contribution in [0.15, 0.2) is 67.6 Å². The molecule has 2 aliphatic rings. The third kappa shape index (κ3) is 17.7. The fourth-order valence-corrected chi connectivity index (χ4v) is 8.69. The van der Waals surface area contributed by atoms with Crippen LogP contribution < -0.4 is 10.6 Å². The van der Waals surface area contributed by atoms with E-state index in [4.69, 9.17) is 46.4 Å². The van der Waals surface area contributed by atoms with Gasteiger partial charge in [0.05, 0.1) is 68.3 Å². The van der Waals surface area contributed by atoms with Crippen LogP contribution in [0.25, 0.3) is 11.3 Å². The predicted molar refractivity (Wildman–Crippen MR) is 273 cm³/mol. The van der Waals surface area contributed by atoms with Gasteiger partial charge < -0.3 is 30.2 Å². The minimum atomic E-state index is -0.698. The summed E-state index contributed by atoms with van der Waals surface area (Å²) in [6.45, 7) is 9.46. The lowest BCUT2D eigenvalue weighted by atomic mass is 10.0. The first-order valence-electron chi connectivity index (χ1n) is 21.2. The molecule has 22 heteroatoms. The van der Waals surface area contributed by atoms with E-state index >= 15 is 0 Å². The number of hydrogen-bond acceptors (Lipinski definition) is 10. The lowest BCUT2D eigenvalue weighted by Crippen LogP contribution is -2.48. The molecule has 370 valence electrons. The first-order chi connectivity index (χ1) is 31.8. The lowest BCUT2D eigenvalue weighted by molar-refractivity contribution is 0.145. The number of amides is 4. The van der Waals surface area contributed by atoms with Crippen LogP contribution >= 0.6 is 69.0 Å². The van der Waals surface area contributed by atoms with E-state index in [1.54, 1.807) is 24.0 Å². The number of nitrogens with one attached hydrogen (secondary N) is 2. The van der Waals surface area contributed by atoms with E-state index in [1.165, 1.54) is 24.8 Å². The first-order valence-corrected chi connectivity index (χ1v) is 23.7.